The topological polar surface area (TPSA) is 45.5 Å². The number of hydrogen-bond donors (Lipinski definition) is 1. The summed E-state index contributed by atoms with van der Waals surface area (Å²) in [7, 11) is 0. The lowest BCUT2D eigenvalue weighted by Gasteiger charge is -2.39. The molecule has 24 heavy (non-hydrogen) atoms. The highest BCUT2D eigenvalue weighted by atomic mass is 127. The summed E-state index contributed by atoms with van der Waals surface area (Å²) in [6, 6.07) is 2.13. The molecule has 0 radical (unpaired) electrons. The average Bonchev–Trinajstić information content (AvgIpc) is 2.79. The van der Waals surface area contributed by atoms with E-state index < -0.39 is 0 Å². The van der Waals surface area contributed by atoms with Crippen LogP contribution in [0.5, 0.6) is 0 Å². The zero-order chi connectivity index (χ0) is 16.9. The predicted molar refractivity (Wildman–Crippen MR) is 116 cm³/mol. The Balaban J connectivity index is 0.00000288. The number of halogens is 1. The Bertz CT molecular complexity index is 541. The quantitative estimate of drug-likeness (QED) is 0.314. The van der Waals surface area contributed by atoms with Crippen molar-refractivity contribution in [1.29, 1.82) is 0 Å². The van der Waals surface area contributed by atoms with Gasteiger partial charge in [-0.1, -0.05) is 0 Å². The number of nitrogens with zero attached hydrogens (tertiary/aromatic N) is 4. The van der Waals surface area contributed by atoms with E-state index >= 15 is 0 Å². The largest absolute Gasteiger partial charge is 0.357 e. The predicted octanol–water partition coefficient (Wildman–Crippen LogP) is 3.30. The lowest BCUT2D eigenvalue weighted by atomic mass is 10.2. The van der Waals surface area contributed by atoms with Gasteiger partial charge < -0.3 is 10.2 Å². The molecule has 0 atom stereocenters. The number of aromatic nitrogens is 2. The van der Waals surface area contributed by atoms with Gasteiger partial charge in [0, 0.05) is 48.9 Å². The Morgan fingerprint density at radius 1 is 1.42 bits per heavy atom. The van der Waals surface area contributed by atoms with Crippen LogP contribution in [-0.4, -0.2) is 57.3 Å². The lowest BCUT2D eigenvalue weighted by Crippen LogP contribution is -2.51. The Hall–Kier alpha value is -0.440. The number of rotatable bonds is 5. The number of nitrogens with one attached hydrogen (secondary N) is 1. The van der Waals surface area contributed by atoms with Crippen molar-refractivity contribution in [3.63, 3.8) is 0 Å². The maximum atomic E-state index is 4.84. The molecule has 1 aromatic heterocycles. The molecule has 0 saturated carbocycles. The second kappa shape index (κ2) is 9.89. The molecule has 1 aromatic rings. The van der Waals surface area contributed by atoms with E-state index in [0.717, 1.165) is 50.8 Å². The second-order valence-electron chi connectivity index (χ2n) is 6.77. The van der Waals surface area contributed by atoms with Crippen LogP contribution in [0.25, 0.3) is 0 Å². The summed E-state index contributed by atoms with van der Waals surface area (Å²) in [6.45, 7) is 15.7. The van der Waals surface area contributed by atoms with Gasteiger partial charge in [-0.25, -0.2) is 0 Å². The van der Waals surface area contributed by atoms with Crippen molar-refractivity contribution < 1.29 is 0 Å². The highest BCUT2D eigenvalue weighted by Crippen LogP contribution is 2.29. The fourth-order valence-electron chi connectivity index (χ4n) is 2.93. The van der Waals surface area contributed by atoms with Gasteiger partial charge in [-0.2, -0.15) is 16.9 Å². The number of hydrogen-bond acceptors (Lipinski definition) is 3. The molecule has 2 rings (SSSR count). The van der Waals surface area contributed by atoms with Crippen LogP contribution < -0.4 is 5.32 Å². The third-order valence-corrected chi connectivity index (χ3v) is 5.25. The molecule has 0 bridgehead atoms. The fraction of sp³-hybridized carbons (Fsp3) is 0.765. The summed E-state index contributed by atoms with van der Waals surface area (Å²) in [5.41, 5.74) is 2.32. The van der Waals surface area contributed by atoms with Crippen molar-refractivity contribution in [2.45, 2.75) is 52.3 Å². The zero-order valence-electron chi connectivity index (χ0n) is 15.6. The minimum absolute atomic E-state index is 0. The van der Waals surface area contributed by atoms with Crippen LogP contribution in [0.1, 0.15) is 38.6 Å². The monoisotopic (exact) mass is 465 g/mol. The Morgan fingerprint density at radius 2 is 2.17 bits per heavy atom. The Labute approximate surface area is 168 Å². The molecule has 0 amide bonds. The highest BCUT2D eigenvalue weighted by molar-refractivity contribution is 14.0. The average molecular weight is 465 g/mol. The van der Waals surface area contributed by atoms with Gasteiger partial charge in [0.2, 0.25) is 0 Å². The first-order valence-corrected chi connectivity index (χ1v) is 9.58. The standard InChI is InChI=1S/C17H31N5S.HI/c1-6-18-16(21-10-11-23-17(4,5)13-21)19-8-7-9-22-15(3)12-14(2)20-22;/h12H,6-11,13H2,1-5H3,(H,18,19);1H. The molecular weight excluding hydrogens is 433 g/mol. The lowest BCUT2D eigenvalue weighted by molar-refractivity contribution is 0.375. The molecule has 138 valence electrons. The molecule has 2 heterocycles. The Morgan fingerprint density at radius 3 is 2.75 bits per heavy atom. The molecule has 7 heteroatoms. The van der Waals surface area contributed by atoms with Crippen LogP contribution >= 0.6 is 35.7 Å². The third kappa shape index (κ3) is 6.46. The van der Waals surface area contributed by atoms with Gasteiger partial charge in [0.25, 0.3) is 0 Å². The maximum Gasteiger partial charge on any atom is 0.193 e. The van der Waals surface area contributed by atoms with Gasteiger partial charge in [-0.15, -0.1) is 24.0 Å². The van der Waals surface area contributed by atoms with Gasteiger partial charge in [0.05, 0.1) is 5.69 Å². The van der Waals surface area contributed by atoms with Gasteiger partial charge in [-0.3, -0.25) is 9.67 Å². The van der Waals surface area contributed by atoms with E-state index in [-0.39, 0.29) is 24.0 Å². The first kappa shape index (κ1) is 21.6. The smallest absolute Gasteiger partial charge is 0.193 e. The van der Waals surface area contributed by atoms with Gasteiger partial charge in [-0.05, 0) is 47.1 Å². The third-order valence-electron chi connectivity index (χ3n) is 3.95. The summed E-state index contributed by atoms with van der Waals surface area (Å²) in [5, 5.41) is 7.96. The van der Waals surface area contributed by atoms with E-state index in [1.54, 1.807) is 0 Å². The molecule has 1 fully saturated rings. The molecule has 0 unspecified atom stereocenters. The molecule has 1 N–H and O–H groups in total. The van der Waals surface area contributed by atoms with Crippen molar-refractivity contribution in [2.24, 2.45) is 4.99 Å². The van der Waals surface area contributed by atoms with Crippen LogP contribution in [0.3, 0.4) is 0 Å². The van der Waals surface area contributed by atoms with Crippen molar-refractivity contribution in [1.82, 2.24) is 20.0 Å². The minimum atomic E-state index is 0. The summed E-state index contributed by atoms with van der Waals surface area (Å²) in [4.78, 5) is 7.24. The molecule has 5 nitrogen and oxygen atoms in total. The zero-order valence-corrected chi connectivity index (χ0v) is 18.8. The molecule has 1 aliphatic heterocycles. The SMILES string of the molecule is CCNC(=NCCCn1nc(C)cc1C)N1CCSC(C)(C)C1.I. The van der Waals surface area contributed by atoms with Crippen molar-refractivity contribution in [3.05, 3.63) is 17.5 Å². The second-order valence-corrected chi connectivity index (χ2v) is 8.57. The van der Waals surface area contributed by atoms with E-state index in [0.29, 0.717) is 4.75 Å². The summed E-state index contributed by atoms with van der Waals surface area (Å²) in [6.07, 6.45) is 1.02. The van der Waals surface area contributed by atoms with Crippen molar-refractivity contribution >= 4 is 41.7 Å². The number of aliphatic imine (C=N–C) groups is 1. The molecule has 0 aromatic carbocycles. The van der Waals surface area contributed by atoms with Crippen LogP contribution in [0, 0.1) is 13.8 Å². The summed E-state index contributed by atoms with van der Waals surface area (Å²) < 4.78 is 2.39. The maximum absolute atomic E-state index is 4.84. The Kier molecular flexibility index (Phi) is 8.90. The number of aryl methyl sites for hydroxylation is 3. The fourth-order valence-corrected chi connectivity index (χ4v) is 4.04. The van der Waals surface area contributed by atoms with Crippen LogP contribution in [0.15, 0.2) is 11.1 Å². The molecule has 1 aliphatic rings. The van der Waals surface area contributed by atoms with E-state index in [9.17, 15) is 0 Å². The number of thioether (sulfide) groups is 1. The molecule has 0 spiro atoms. The van der Waals surface area contributed by atoms with E-state index in [1.165, 1.54) is 11.4 Å². The summed E-state index contributed by atoms with van der Waals surface area (Å²) >= 11 is 2.05. The van der Waals surface area contributed by atoms with Crippen LogP contribution in [0.2, 0.25) is 0 Å². The first-order valence-electron chi connectivity index (χ1n) is 8.59. The molecular formula is C17H32IN5S. The van der Waals surface area contributed by atoms with Gasteiger partial charge >= 0.3 is 0 Å². The molecule has 0 aliphatic carbocycles. The number of guanidine groups is 1. The van der Waals surface area contributed by atoms with E-state index in [2.05, 4.69) is 65.5 Å². The van der Waals surface area contributed by atoms with Crippen molar-refractivity contribution in [3.8, 4) is 0 Å². The first-order chi connectivity index (χ1) is 10.9. The van der Waals surface area contributed by atoms with E-state index in [4.69, 9.17) is 4.99 Å². The summed E-state index contributed by atoms with van der Waals surface area (Å²) in [5.74, 6) is 2.23. The van der Waals surface area contributed by atoms with Crippen LogP contribution in [-0.2, 0) is 6.54 Å². The van der Waals surface area contributed by atoms with Crippen LogP contribution in [0.4, 0.5) is 0 Å². The highest BCUT2D eigenvalue weighted by Gasteiger charge is 2.28. The van der Waals surface area contributed by atoms with E-state index in [1.807, 2.05) is 6.92 Å². The molecule has 1 saturated heterocycles. The van der Waals surface area contributed by atoms with Crippen molar-refractivity contribution in [2.75, 3.05) is 31.9 Å². The normalized spacial score (nSPS) is 17.5. The van der Waals surface area contributed by atoms with Gasteiger partial charge in [0.15, 0.2) is 5.96 Å². The van der Waals surface area contributed by atoms with Gasteiger partial charge in [0.1, 0.15) is 0 Å². The minimum Gasteiger partial charge on any atom is -0.357 e.